The highest BCUT2D eigenvalue weighted by Crippen LogP contribution is 1.92. The van der Waals surface area contributed by atoms with Crippen molar-refractivity contribution in [2.45, 2.75) is 12.8 Å². The van der Waals surface area contributed by atoms with E-state index < -0.39 is 0 Å². The highest BCUT2D eigenvalue weighted by Gasteiger charge is 1.98. The van der Waals surface area contributed by atoms with E-state index in [0.717, 1.165) is 18.7 Å². The highest BCUT2D eigenvalue weighted by molar-refractivity contribution is 5.77. The van der Waals surface area contributed by atoms with Gasteiger partial charge in [0.2, 0.25) is 5.91 Å². The molecule has 0 aliphatic carbocycles. The molecule has 5 nitrogen and oxygen atoms in total. The first-order chi connectivity index (χ1) is 6.83. The minimum atomic E-state index is 0.0342. The summed E-state index contributed by atoms with van der Waals surface area (Å²) in [7, 11) is 1.75. The van der Waals surface area contributed by atoms with Gasteiger partial charge in [0.05, 0.1) is 6.54 Å². The second kappa shape index (κ2) is 6.15. The SMILES string of the molecule is CNCC(=O)NCCCc1ncc[nH]1. The van der Waals surface area contributed by atoms with Gasteiger partial charge in [-0.2, -0.15) is 0 Å². The number of carbonyl (C=O) groups is 1. The van der Waals surface area contributed by atoms with E-state index in [1.807, 2.05) is 0 Å². The van der Waals surface area contributed by atoms with Crippen LogP contribution in [0.1, 0.15) is 12.2 Å². The molecule has 0 saturated heterocycles. The quantitative estimate of drug-likeness (QED) is 0.546. The summed E-state index contributed by atoms with van der Waals surface area (Å²) in [4.78, 5) is 18.1. The maximum Gasteiger partial charge on any atom is 0.233 e. The van der Waals surface area contributed by atoms with Crippen molar-refractivity contribution in [1.82, 2.24) is 20.6 Å². The van der Waals surface area contributed by atoms with Crippen LogP contribution in [0, 0.1) is 0 Å². The summed E-state index contributed by atoms with van der Waals surface area (Å²) in [5.74, 6) is 1.000. The number of amides is 1. The van der Waals surface area contributed by atoms with E-state index in [4.69, 9.17) is 0 Å². The predicted octanol–water partition coefficient (Wildman–Crippen LogP) is -0.322. The summed E-state index contributed by atoms with van der Waals surface area (Å²) >= 11 is 0. The fraction of sp³-hybridized carbons (Fsp3) is 0.556. The zero-order valence-electron chi connectivity index (χ0n) is 8.34. The number of likely N-dealkylation sites (N-methyl/N-ethyl adjacent to an activating group) is 1. The van der Waals surface area contributed by atoms with Crippen LogP contribution in [0.15, 0.2) is 12.4 Å². The smallest absolute Gasteiger partial charge is 0.233 e. The molecule has 1 rings (SSSR count). The van der Waals surface area contributed by atoms with E-state index in [1.54, 1.807) is 19.4 Å². The molecule has 5 heteroatoms. The van der Waals surface area contributed by atoms with Gasteiger partial charge >= 0.3 is 0 Å². The van der Waals surface area contributed by atoms with Crippen LogP contribution >= 0.6 is 0 Å². The third kappa shape index (κ3) is 4.04. The Bertz CT molecular complexity index is 258. The first-order valence-corrected chi connectivity index (χ1v) is 4.72. The number of H-pyrrole nitrogens is 1. The first kappa shape index (κ1) is 10.7. The van der Waals surface area contributed by atoms with E-state index in [9.17, 15) is 4.79 Å². The Labute approximate surface area is 83.3 Å². The molecule has 0 fully saturated rings. The first-order valence-electron chi connectivity index (χ1n) is 4.72. The van der Waals surface area contributed by atoms with Crippen LogP contribution in [-0.2, 0) is 11.2 Å². The topological polar surface area (TPSA) is 69.8 Å². The van der Waals surface area contributed by atoms with Crippen LogP contribution < -0.4 is 10.6 Å². The van der Waals surface area contributed by atoms with Crippen LogP contribution in [-0.4, -0.2) is 36.0 Å². The van der Waals surface area contributed by atoms with Crippen molar-refractivity contribution < 1.29 is 4.79 Å². The Hall–Kier alpha value is -1.36. The number of nitrogens with zero attached hydrogens (tertiary/aromatic N) is 1. The Balaban J connectivity index is 2.02. The molecule has 1 aromatic rings. The van der Waals surface area contributed by atoms with Crippen LogP contribution in [0.5, 0.6) is 0 Å². The lowest BCUT2D eigenvalue weighted by molar-refractivity contribution is -0.120. The molecule has 0 aliphatic rings. The van der Waals surface area contributed by atoms with Crippen molar-refractivity contribution in [3.8, 4) is 0 Å². The molecule has 1 amide bonds. The molecule has 0 spiro atoms. The van der Waals surface area contributed by atoms with Crippen LogP contribution in [0.2, 0.25) is 0 Å². The second-order valence-electron chi connectivity index (χ2n) is 3.02. The molecule has 0 bridgehead atoms. The molecule has 0 atom stereocenters. The van der Waals surface area contributed by atoms with Crippen LogP contribution in [0.25, 0.3) is 0 Å². The number of hydrogen-bond acceptors (Lipinski definition) is 3. The molecule has 1 aromatic heterocycles. The monoisotopic (exact) mass is 196 g/mol. The van der Waals surface area contributed by atoms with E-state index in [2.05, 4.69) is 20.6 Å². The third-order valence-electron chi connectivity index (χ3n) is 1.80. The van der Waals surface area contributed by atoms with Gasteiger partial charge in [0.1, 0.15) is 5.82 Å². The number of carbonyl (C=O) groups excluding carboxylic acids is 1. The number of imidazole rings is 1. The number of nitrogens with one attached hydrogen (secondary N) is 3. The molecular weight excluding hydrogens is 180 g/mol. The lowest BCUT2D eigenvalue weighted by Crippen LogP contribution is -2.32. The van der Waals surface area contributed by atoms with Crippen LogP contribution in [0.4, 0.5) is 0 Å². The summed E-state index contributed by atoms with van der Waals surface area (Å²) < 4.78 is 0. The van der Waals surface area contributed by atoms with E-state index >= 15 is 0 Å². The van der Waals surface area contributed by atoms with Crippen molar-refractivity contribution in [3.63, 3.8) is 0 Å². The fourth-order valence-corrected chi connectivity index (χ4v) is 1.14. The molecule has 0 saturated carbocycles. The molecule has 0 radical (unpaired) electrons. The highest BCUT2D eigenvalue weighted by atomic mass is 16.1. The normalized spacial score (nSPS) is 10.1. The Morgan fingerprint density at radius 2 is 2.50 bits per heavy atom. The molecule has 0 aromatic carbocycles. The van der Waals surface area contributed by atoms with Crippen LogP contribution in [0.3, 0.4) is 0 Å². The Morgan fingerprint density at radius 3 is 3.14 bits per heavy atom. The van der Waals surface area contributed by atoms with Gasteiger partial charge < -0.3 is 15.6 Å². The lowest BCUT2D eigenvalue weighted by atomic mass is 10.3. The van der Waals surface area contributed by atoms with Gasteiger partial charge in [0, 0.05) is 25.4 Å². The van der Waals surface area contributed by atoms with E-state index in [0.29, 0.717) is 13.1 Å². The van der Waals surface area contributed by atoms with Gasteiger partial charge in [-0.15, -0.1) is 0 Å². The molecule has 14 heavy (non-hydrogen) atoms. The van der Waals surface area contributed by atoms with Crippen molar-refractivity contribution in [2.75, 3.05) is 20.1 Å². The fourth-order valence-electron chi connectivity index (χ4n) is 1.14. The minimum Gasteiger partial charge on any atom is -0.355 e. The van der Waals surface area contributed by atoms with Gasteiger partial charge in [-0.25, -0.2) is 4.98 Å². The number of aromatic nitrogens is 2. The van der Waals surface area contributed by atoms with Gasteiger partial charge in [-0.1, -0.05) is 0 Å². The average Bonchev–Trinajstić information content (AvgIpc) is 2.65. The van der Waals surface area contributed by atoms with Crippen molar-refractivity contribution >= 4 is 5.91 Å². The second-order valence-corrected chi connectivity index (χ2v) is 3.02. The molecular formula is C9H16N4O. The summed E-state index contributed by atoms with van der Waals surface area (Å²) in [6.45, 7) is 1.07. The summed E-state index contributed by atoms with van der Waals surface area (Å²) in [5.41, 5.74) is 0. The Morgan fingerprint density at radius 1 is 1.64 bits per heavy atom. The maximum absolute atomic E-state index is 11.0. The predicted molar refractivity (Wildman–Crippen MR) is 53.8 cm³/mol. The molecule has 0 unspecified atom stereocenters. The van der Waals surface area contributed by atoms with E-state index in [1.165, 1.54) is 0 Å². The summed E-state index contributed by atoms with van der Waals surface area (Å²) in [6.07, 6.45) is 5.31. The zero-order chi connectivity index (χ0) is 10.2. The lowest BCUT2D eigenvalue weighted by Gasteiger charge is -2.03. The standard InChI is InChI=1S/C9H16N4O/c1-10-7-9(14)13-4-2-3-8-11-5-6-12-8/h5-6,10H,2-4,7H2,1H3,(H,11,12)(H,13,14). The van der Waals surface area contributed by atoms with Crippen molar-refractivity contribution in [2.24, 2.45) is 0 Å². The summed E-state index contributed by atoms with van der Waals surface area (Å²) in [6, 6.07) is 0. The minimum absolute atomic E-state index is 0.0342. The molecule has 78 valence electrons. The van der Waals surface area contributed by atoms with Gasteiger partial charge in [-0.05, 0) is 13.5 Å². The van der Waals surface area contributed by atoms with Gasteiger partial charge in [0.15, 0.2) is 0 Å². The largest absolute Gasteiger partial charge is 0.355 e. The molecule has 3 N–H and O–H groups in total. The van der Waals surface area contributed by atoms with Crippen molar-refractivity contribution in [3.05, 3.63) is 18.2 Å². The Kier molecular flexibility index (Phi) is 4.71. The zero-order valence-corrected chi connectivity index (χ0v) is 8.34. The number of aryl methyl sites for hydroxylation is 1. The molecule has 0 aliphatic heterocycles. The van der Waals surface area contributed by atoms with Crippen molar-refractivity contribution in [1.29, 1.82) is 0 Å². The number of rotatable bonds is 6. The van der Waals surface area contributed by atoms with Gasteiger partial charge in [0.25, 0.3) is 0 Å². The number of hydrogen-bond donors (Lipinski definition) is 3. The average molecular weight is 196 g/mol. The maximum atomic E-state index is 11.0. The van der Waals surface area contributed by atoms with Gasteiger partial charge in [-0.3, -0.25) is 4.79 Å². The molecule has 1 heterocycles. The van der Waals surface area contributed by atoms with E-state index in [-0.39, 0.29) is 5.91 Å². The third-order valence-corrected chi connectivity index (χ3v) is 1.80. The summed E-state index contributed by atoms with van der Waals surface area (Å²) in [5, 5.41) is 5.59. The number of aromatic amines is 1.